The van der Waals surface area contributed by atoms with E-state index in [0.29, 0.717) is 0 Å². The van der Waals surface area contributed by atoms with E-state index in [2.05, 4.69) is 20.4 Å². The molecule has 35 heavy (non-hydrogen) atoms. The molecule has 1 unspecified atom stereocenters. The van der Waals surface area contributed by atoms with E-state index in [4.69, 9.17) is 5.11 Å². The normalized spacial score (nSPS) is 12.5. The number of carbonyl (C=O) groups excluding carboxylic acids is 1. The molecular weight excluding hydrogens is 475 g/mol. The van der Waals surface area contributed by atoms with Crippen molar-refractivity contribution in [2.24, 2.45) is 0 Å². The second-order valence-electron chi connectivity index (χ2n) is 7.46. The molecule has 0 bridgehead atoms. The number of benzene rings is 2. The number of nitrogens with zero attached hydrogens (tertiary/aromatic N) is 4. The Kier molecular flexibility index (Phi) is 6.60. The maximum absolute atomic E-state index is 15.2. The van der Waals surface area contributed by atoms with Crippen LogP contribution in [0.15, 0.2) is 54.9 Å². The molecule has 4 rings (SSSR count). The highest BCUT2D eigenvalue weighted by Gasteiger charge is 2.41. The number of aromatic amines is 1. The standard InChI is InChI=1S/C22H17F5N6O2/c23-13-6-4-12(5-7-13)19-18(25)20(32-31-19)17-14(2-1-3-15(17)24)21(35)30-16(22(26,27)11-34)10-33-28-8-9-29-33/h1-9,16,34H,10-11H2,(H,30,35)(H,31,32). The molecule has 182 valence electrons. The summed E-state index contributed by atoms with van der Waals surface area (Å²) in [4.78, 5) is 13.9. The van der Waals surface area contributed by atoms with Crippen LogP contribution in [0.5, 0.6) is 0 Å². The SMILES string of the molecule is O=C(NC(Cn1nccn1)C(F)(F)CO)c1cccc(F)c1-c1n[nH]c(-c2ccc(F)cc2)c1F. The Morgan fingerprint density at radius 3 is 2.43 bits per heavy atom. The van der Waals surface area contributed by atoms with Crippen LogP contribution < -0.4 is 5.32 Å². The Balaban J connectivity index is 1.70. The summed E-state index contributed by atoms with van der Waals surface area (Å²) < 4.78 is 72.0. The molecule has 2 aromatic heterocycles. The van der Waals surface area contributed by atoms with Gasteiger partial charge in [0.15, 0.2) is 5.82 Å². The Bertz CT molecular complexity index is 1320. The van der Waals surface area contributed by atoms with Crippen LogP contribution in [0.1, 0.15) is 10.4 Å². The van der Waals surface area contributed by atoms with Crippen molar-refractivity contribution in [3.8, 4) is 22.5 Å². The van der Waals surface area contributed by atoms with E-state index in [-0.39, 0.29) is 11.3 Å². The molecule has 2 aromatic carbocycles. The van der Waals surface area contributed by atoms with Gasteiger partial charge in [0.05, 0.1) is 30.1 Å². The number of halogens is 5. The number of carbonyl (C=O) groups is 1. The zero-order valence-corrected chi connectivity index (χ0v) is 17.7. The molecule has 0 aliphatic heterocycles. The van der Waals surface area contributed by atoms with Gasteiger partial charge in [-0.3, -0.25) is 9.89 Å². The monoisotopic (exact) mass is 492 g/mol. The summed E-state index contributed by atoms with van der Waals surface area (Å²) in [6.07, 6.45) is 2.47. The van der Waals surface area contributed by atoms with Crippen molar-refractivity contribution >= 4 is 5.91 Å². The number of hydrogen-bond acceptors (Lipinski definition) is 5. The van der Waals surface area contributed by atoms with Gasteiger partial charge < -0.3 is 10.4 Å². The minimum absolute atomic E-state index is 0.191. The third-order valence-electron chi connectivity index (χ3n) is 5.17. The molecule has 13 heteroatoms. The first-order chi connectivity index (χ1) is 16.7. The van der Waals surface area contributed by atoms with E-state index >= 15 is 4.39 Å². The predicted octanol–water partition coefficient (Wildman–Crippen LogP) is 3.18. The van der Waals surface area contributed by atoms with Gasteiger partial charge in [-0.05, 0) is 36.4 Å². The highest BCUT2D eigenvalue weighted by Crippen LogP contribution is 2.33. The lowest BCUT2D eigenvalue weighted by atomic mass is 10.0. The number of H-pyrrole nitrogens is 1. The van der Waals surface area contributed by atoms with E-state index in [9.17, 15) is 22.4 Å². The van der Waals surface area contributed by atoms with Gasteiger partial charge in [0, 0.05) is 5.56 Å². The molecule has 8 nitrogen and oxygen atoms in total. The Morgan fingerprint density at radius 2 is 1.77 bits per heavy atom. The first-order valence-corrected chi connectivity index (χ1v) is 10.1. The topological polar surface area (TPSA) is 109 Å². The van der Waals surface area contributed by atoms with Crippen LogP contribution in [0, 0.1) is 17.5 Å². The second kappa shape index (κ2) is 9.62. The molecule has 0 radical (unpaired) electrons. The summed E-state index contributed by atoms with van der Waals surface area (Å²) >= 11 is 0. The van der Waals surface area contributed by atoms with E-state index in [1.54, 1.807) is 0 Å². The van der Waals surface area contributed by atoms with Crippen molar-refractivity contribution < 1.29 is 31.9 Å². The lowest BCUT2D eigenvalue weighted by molar-refractivity contribution is -0.0822. The molecule has 0 saturated carbocycles. The molecule has 0 spiro atoms. The molecule has 0 fully saturated rings. The molecule has 1 atom stereocenters. The van der Waals surface area contributed by atoms with Crippen LogP contribution in [0.25, 0.3) is 22.5 Å². The smallest absolute Gasteiger partial charge is 0.292 e. The lowest BCUT2D eigenvalue weighted by Gasteiger charge is -2.26. The number of alkyl halides is 2. The number of aliphatic hydroxyl groups is 1. The maximum atomic E-state index is 15.2. The average Bonchev–Trinajstić information content (AvgIpc) is 3.49. The molecule has 2 heterocycles. The van der Waals surface area contributed by atoms with Crippen molar-refractivity contribution in [2.45, 2.75) is 18.5 Å². The van der Waals surface area contributed by atoms with Crippen LogP contribution in [0.4, 0.5) is 22.0 Å². The highest BCUT2D eigenvalue weighted by atomic mass is 19.3. The molecular formula is C22H17F5N6O2. The molecule has 0 saturated heterocycles. The van der Waals surface area contributed by atoms with Crippen molar-refractivity contribution in [2.75, 3.05) is 6.61 Å². The number of hydrogen-bond donors (Lipinski definition) is 3. The van der Waals surface area contributed by atoms with Gasteiger partial charge in [0.1, 0.15) is 35.7 Å². The predicted molar refractivity (Wildman–Crippen MR) is 113 cm³/mol. The zero-order chi connectivity index (χ0) is 25.2. The molecule has 0 aliphatic rings. The third kappa shape index (κ3) is 4.89. The Morgan fingerprint density at radius 1 is 1.09 bits per heavy atom. The van der Waals surface area contributed by atoms with Gasteiger partial charge in [0.2, 0.25) is 0 Å². The van der Waals surface area contributed by atoms with Crippen molar-refractivity contribution in [3.05, 3.63) is 77.9 Å². The van der Waals surface area contributed by atoms with E-state index in [1.165, 1.54) is 24.5 Å². The maximum Gasteiger partial charge on any atom is 0.292 e. The summed E-state index contributed by atoms with van der Waals surface area (Å²) in [5.41, 5.74) is -1.61. The summed E-state index contributed by atoms with van der Waals surface area (Å²) in [7, 11) is 0. The van der Waals surface area contributed by atoms with Crippen molar-refractivity contribution in [1.29, 1.82) is 0 Å². The average molecular weight is 492 g/mol. The van der Waals surface area contributed by atoms with Gasteiger partial charge in [-0.1, -0.05) is 6.07 Å². The lowest BCUT2D eigenvalue weighted by Crippen LogP contribution is -2.52. The third-order valence-corrected chi connectivity index (χ3v) is 5.17. The first kappa shape index (κ1) is 24.0. The quantitative estimate of drug-likeness (QED) is 0.328. The Hall–Kier alpha value is -4.13. The van der Waals surface area contributed by atoms with Crippen LogP contribution >= 0.6 is 0 Å². The van der Waals surface area contributed by atoms with Crippen molar-refractivity contribution in [3.63, 3.8) is 0 Å². The largest absolute Gasteiger partial charge is 0.390 e. The fraction of sp³-hybridized carbons (Fsp3) is 0.182. The number of aromatic nitrogens is 5. The van der Waals surface area contributed by atoms with E-state index in [0.717, 1.165) is 35.1 Å². The van der Waals surface area contributed by atoms with E-state index in [1.807, 2.05) is 5.32 Å². The molecule has 3 N–H and O–H groups in total. The number of nitrogens with one attached hydrogen (secondary N) is 2. The fourth-order valence-corrected chi connectivity index (χ4v) is 3.39. The van der Waals surface area contributed by atoms with Crippen LogP contribution in [-0.2, 0) is 6.54 Å². The van der Waals surface area contributed by atoms with Gasteiger partial charge in [-0.25, -0.2) is 22.0 Å². The van der Waals surface area contributed by atoms with Crippen LogP contribution in [0.2, 0.25) is 0 Å². The van der Waals surface area contributed by atoms with Gasteiger partial charge in [-0.2, -0.15) is 20.1 Å². The second-order valence-corrected chi connectivity index (χ2v) is 7.46. The van der Waals surface area contributed by atoms with Gasteiger partial charge in [-0.15, -0.1) is 0 Å². The summed E-state index contributed by atoms with van der Waals surface area (Å²) in [5.74, 6) is -7.58. The highest BCUT2D eigenvalue weighted by molar-refractivity contribution is 6.01. The summed E-state index contributed by atoms with van der Waals surface area (Å²) in [6.45, 7) is -2.20. The van der Waals surface area contributed by atoms with Gasteiger partial charge in [0.25, 0.3) is 11.8 Å². The van der Waals surface area contributed by atoms with Crippen LogP contribution in [0.3, 0.4) is 0 Å². The fourth-order valence-electron chi connectivity index (χ4n) is 3.39. The summed E-state index contributed by atoms with van der Waals surface area (Å²) in [6, 6.07) is 5.95. The molecule has 0 aliphatic carbocycles. The first-order valence-electron chi connectivity index (χ1n) is 10.1. The van der Waals surface area contributed by atoms with Gasteiger partial charge >= 0.3 is 0 Å². The number of aliphatic hydroxyl groups excluding tert-OH is 1. The molecule has 4 aromatic rings. The zero-order valence-electron chi connectivity index (χ0n) is 17.7. The van der Waals surface area contributed by atoms with Crippen LogP contribution in [-0.4, -0.2) is 54.8 Å². The minimum Gasteiger partial charge on any atom is -0.390 e. The number of amides is 1. The number of rotatable bonds is 8. The Labute approximate surface area is 194 Å². The minimum atomic E-state index is -3.79. The summed E-state index contributed by atoms with van der Waals surface area (Å²) in [5, 5.41) is 24.7. The van der Waals surface area contributed by atoms with Crippen molar-refractivity contribution in [1.82, 2.24) is 30.5 Å². The molecule has 1 amide bonds. The van der Waals surface area contributed by atoms with E-state index < -0.39 is 65.3 Å².